The third kappa shape index (κ3) is 7.90. The van der Waals surface area contributed by atoms with Crippen LogP contribution in [0.1, 0.15) is 53.9 Å². The molecule has 0 nitrogen and oxygen atoms in total. The van der Waals surface area contributed by atoms with Gasteiger partial charge < -0.3 is 0 Å². The number of hydrogen-bond donors (Lipinski definition) is 0. The molecule has 1 fully saturated rings. The van der Waals surface area contributed by atoms with Crippen molar-refractivity contribution in [2.24, 2.45) is 17.8 Å². The Bertz CT molecular complexity index is 73.3. The van der Waals surface area contributed by atoms with E-state index in [1.54, 1.807) is 0 Å². The second-order valence-corrected chi connectivity index (χ2v) is 4.76. The molecule has 0 heteroatoms. The van der Waals surface area contributed by atoms with Crippen molar-refractivity contribution >= 4 is 0 Å². The Hall–Kier alpha value is 0. The van der Waals surface area contributed by atoms with Crippen molar-refractivity contribution in [1.82, 2.24) is 0 Å². The lowest BCUT2D eigenvalue weighted by atomic mass is 10.1. The predicted octanol–water partition coefficient (Wildman–Crippen LogP) is 4.10. The molecule has 0 saturated heterocycles. The minimum atomic E-state index is 0.833. The monoisotopic (exact) mass is 156 g/mol. The van der Waals surface area contributed by atoms with E-state index in [1.165, 1.54) is 19.3 Å². The molecule has 68 valence electrons. The molecule has 2 unspecified atom stereocenters. The Balaban J connectivity index is 0.000000218. The van der Waals surface area contributed by atoms with Gasteiger partial charge in [-0.05, 0) is 24.2 Å². The first kappa shape index (κ1) is 11.0. The summed E-state index contributed by atoms with van der Waals surface area (Å²) >= 11 is 0. The van der Waals surface area contributed by atoms with Gasteiger partial charge in [0.15, 0.2) is 0 Å². The predicted molar refractivity (Wildman–Crippen MR) is 52.7 cm³/mol. The van der Waals surface area contributed by atoms with Gasteiger partial charge in [0.25, 0.3) is 0 Å². The zero-order valence-electron chi connectivity index (χ0n) is 8.85. The molecule has 0 aromatic heterocycles. The summed E-state index contributed by atoms with van der Waals surface area (Å²) in [6, 6.07) is 0. The van der Waals surface area contributed by atoms with Gasteiger partial charge in [-0.25, -0.2) is 0 Å². The standard InChI is InChI=1S/C7H14.C4H10/c1-6-3-4-7(2)5-6;1-4(2)3/h6-7H,3-5H2,1-2H3;4H,1-3H3. The third-order valence-electron chi connectivity index (χ3n) is 1.96. The highest BCUT2D eigenvalue weighted by molar-refractivity contribution is 4.68. The van der Waals surface area contributed by atoms with Crippen LogP contribution >= 0.6 is 0 Å². The van der Waals surface area contributed by atoms with Gasteiger partial charge in [-0.3, -0.25) is 0 Å². The number of rotatable bonds is 0. The molecule has 0 radical (unpaired) electrons. The summed E-state index contributed by atoms with van der Waals surface area (Å²) in [5, 5.41) is 0. The molecule has 0 aromatic rings. The topological polar surface area (TPSA) is 0 Å². The van der Waals surface area contributed by atoms with Crippen molar-refractivity contribution in [3.63, 3.8) is 0 Å². The summed E-state index contributed by atoms with van der Waals surface area (Å²) in [5.74, 6) is 2.88. The Morgan fingerprint density at radius 2 is 1.18 bits per heavy atom. The first-order chi connectivity index (χ1) is 5.02. The maximum atomic E-state index is 2.35. The Labute approximate surface area is 72.4 Å². The van der Waals surface area contributed by atoms with Crippen LogP contribution in [0.3, 0.4) is 0 Å². The molecule has 2 atom stereocenters. The SMILES string of the molecule is CC(C)C.CC1CCC(C)C1. The van der Waals surface area contributed by atoms with E-state index in [0.29, 0.717) is 0 Å². The molecule has 0 bridgehead atoms. The van der Waals surface area contributed by atoms with Crippen LogP contribution in [-0.4, -0.2) is 0 Å². The Morgan fingerprint density at radius 3 is 1.27 bits per heavy atom. The molecule has 0 amide bonds. The molecule has 0 aromatic carbocycles. The van der Waals surface area contributed by atoms with Crippen LogP contribution in [0, 0.1) is 17.8 Å². The van der Waals surface area contributed by atoms with Gasteiger partial charge in [-0.15, -0.1) is 0 Å². The van der Waals surface area contributed by atoms with Crippen LogP contribution in [0.4, 0.5) is 0 Å². The van der Waals surface area contributed by atoms with Gasteiger partial charge in [0.2, 0.25) is 0 Å². The van der Waals surface area contributed by atoms with Gasteiger partial charge in [0.05, 0.1) is 0 Å². The zero-order chi connectivity index (χ0) is 8.85. The average molecular weight is 156 g/mol. The quantitative estimate of drug-likeness (QED) is 0.495. The molecule has 0 aliphatic heterocycles. The van der Waals surface area contributed by atoms with Crippen molar-refractivity contribution in [1.29, 1.82) is 0 Å². The first-order valence-electron chi connectivity index (χ1n) is 5.02. The van der Waals surface area contributed by atoms with E-state index in [2.05, 4.69) is 34.6 Å². The minimum absolute atomic E-state index is 0.833. The Morgan fingerprint density at radius 1 is 0.909 bits per heavy atom. The summed E-state index contributed by atoms with van der Waals surface area (Å²) in [4.78, 5) is 0. The summed E-state index contributed by atoms with van der Waals surface area (Å²) in [6.45, 7) is 11.2. The second-order valence-electron chi connectivity index (χ2n) is 4.76. The number of hydrogen-bond acceptors (Lipinski definition) is 0. The summed E-state index contributed by atoms with van der Waals surface area (Å²) in [6.07, 6.45) is 4.42. The zero-order valence-corrected chi connectivity index (χ0v) is 8.85. The van der Waals surface area contributed by atoms with Crippen LogP contribution in [-0.2, 0) is 0 Å². The summed E-state index contributed by atoms with van der Waals surface area (Å²) in [7, 11) is 0. The highest BCUT2D eigenvalue weighted by Gasteiger charge is 2.15. The van der Waals surface area contributed by atoms with Crippen LogP contribution in [0.5, 0.6) is 0 Å². The molecule has 1 saturated carbocycles. The van der Waals surface area contributed by atoms with E-state index >= 15 is 0 Å². The largest absolute Gasteiger partial charge is 0.0630 e. The van der Waals surface area contributed by atoms with Crippen molar-refractivity contribution in [3.8, 4) is 0 Å². The smallest absolute Gasteiger partial charge is 0.0440 e. The van der Waals surface area contributed by atoms with Crippen molar-refractivity contribution in [3.05, 3.63) is 0 Å². The first-order valence-corrected chi connectivity index (χ1v) is 5.02. The lowest BCUT2D eigenvalue weighted by molar-refractivity contribution is 0.555. The lowest BCUT2D eigenvalue weighted by Gasteiger charge is -1.96. The van der Waals surface area contributed by atoms with Crippen LogP contribution in [0.25, 0.3) is 0 Å². The minimum Gasteiger partial charge on any atom is -0.0630 e. The van der Waals surface area contributed by atoms with Crippen molar-refractivity contribution < 1.29 is 0 Å². The van der Waals surface area contributed by atoms with Gasteiger partial charge in [-0.1, -0.05) is 47.5 Å². The fourth-order valence-electron chi connectivity index (χ4n) is 1.49. The van der Waals surface area contributed by atoms with Gasteiger partial charge >= 0.3 is 0 Å². The van der Waals surface area contributed by atoms with Gasteiger partial charge in [-0.2, -0.15) is 0 Å². The van der Waals surface area contributed by atoms with Crippen LogP contribution in [0.2, 0.25) is 0 Å². The van der Waals surface area contributed by atoms with Gasteiger partial charge in [0.1, 0.15) is 0 Å². The van der Waals surface area contributed by atoms with E-state index < -0.39 is 0 Å². The summed E-state index contributed by atoms with van der Waals surface area (Å²) in [5.41, 5.74) is 0. The average Bonchev–Trinajstić information content (AvgIpc) is 2.13. The fourth-order valence-corrected chi connectivity index (χ4v) is 1.49. The molecule has 1 rings (SSSR count). The normalized spacial score (nSPS) is 30.0. The third-order valence-corrected chi connectivity index (χ3v) is 1.96. The maximum absolute atomic E-state index is 2.35. The molecule has 11 heavy (non-hydrogen) atoms. The van der Waals surface area contributed by atoms with Crippen molar-refractivity contribution in [2.75, 3.05) is 0 Å². The van der Waals surface area contributed by atoms with E-state index in [1.807, 2.05) is 0 Å². The molecule has 1 aliphatic carbocycles. The van der Waals surface area contributed by atoms with E-state index in [0.717, 1.165) is 17.8 Å². The fraction of sp³-hybridized carbons (Fsp3) is 1.00. The van der Waals surface area contributed by atoms with E-state index in [-0.39, 0.29) is 0 Å². The van der Waals surface area contributed by atoms with Crippen LogP contribution in [0.15, 0.2) is 0 Å². The summed E-state index contributed by atoms with van der Waals surface area (Å²) < 4.78 is 0. The molecular formula is C11H24. The second kappa shape index (κ2) is 5.62. The lowest BCUT2D eigenvalue weighted by Crippen LogP contribution is -1.84. The maximum Gasteiger partial charge on any atom is -0.0440 e. The molecule has 0 heterocycles. The molecule has 0 N–H and O–H groups in total. The van der Waals surface area contributed by atoms with Crippen LogP contribution < -0.4 is 0 Å². The molecule has 1 aliphatic rings. The Kier molecular flexibility index (Phi) is 5.62. The van der Waals surface area contributed by atoms with E-state index in [9.17, 15) is 0 Å². The highest BCUT2D eigenvalue weighted by Crippen LogP contribution is 2.29. The van der Waals surface area contributed by atoms with Gasteiger partial charge in [0, 0.05) is 0 Å². The molecular weight excluding hydrogens is 132 g/mol. The molecule has 0 spiro atoms. The van der Waals surface area contributed by atoms with Crippen molar-refractivity contribution in [2.45, 2.75) is 53.9 Å². The van der Waals surface area contributed by atoms with E-state index in [4.69, 9.17) is 0 Å². The highest BCUT2D eigenvalue weighted by atomic mass is 14.2.